The van der Waals surface area contributed by atoms with Gasteiger partial charge in [0.2, 0.25) is 5.91 Å². The molecule has 130 valence electrons. The van der Waals surface area contributed by atoms with Gasteiger partial charge in [0.1, 0.15) is 0 Å². The Hall–Kier alpha value is -3.15. The third kappa shape index (κ3) is 4.67. The van der Waals surface area contributed by atoms with Crippen LogP contribution in [0.2, 0.25) is 0 Å². The summed E-state index contributed by atoms with van der Waals surface area (Å²) in [6.07, 6.45) is 0. The number of carbonyl (C=O) groups is 3. The molecule has 0 unspecified atom stereocenters. The summed E-state index contributed by atoms with van der Waals surface area (Å²) in [7, 11) is 0. The van der Waals surface area contributed by atoms with E-state index in [0.717, 1.165) is 11.1 Å². The molecule has 0 saturated heterocycles. The van der Waals surface area contributed by atoms with Crippen molar-refractivity contribution in [3.05, 3.63) is 64.2 Å². The van der Waals surface area contributed by atoms with Crippen LogP contribution in [0.5, 0.6) is 0 Å². The number of aromatic carboxylic acids is 1. The van der Waals surface area contributed by atoms with E-state index in [9.17, 15) is 19.5 Å². The lowest BCUT2D eigenvalue weighted by Crippen LogP contribution is -2.19. The van der Waals surface area contributed by atoms with Crippen molar-refractivity contribution in [3.8, 4) is 0 Å². The predicted molar refractivity (Wildman–Crippen MR) is 94.8 cm³/mol. The molecule has 0 atom stereocenters. The van der Waals surface area contributed by atoms with Gasteiger partial charge in [-0.3, -0.25) is 9.59 Å². The lowest BCUT2D eigenvalue weighted by Gasteiger charge is -2.12. The first-order chi connectivity index (χ1) is 11.8. The van der Waals surface area contributed by atoms with Crippen molar-refractivity contribution in [1.29, 1.82) is 0 Å². The number of benzene rings is 2. The number of carboxylic acids is 1. The van der Waals surface area contributed by atoms with Crippen LogP contribution in [-0.2, 0) is 11.3 Å². The van der Waals surface area contributed by atoms with Crippen LogP contribution in [0.4, 0.5) is 5.69 Å². The highest BCUT2D eigenvalue weighted by atomic mass is 16.4. The number of hydrogen-bond donors (Lipinski definition) is 3. The summed E-state index contributed by atoms with van der Waals surface area (Å²) < 4.78 is 0. The molecule has 0 fully saturated rings. The fourth-order valence-electron chi connectivity index (χ4n) is 2.41. The number of rotatable bonds is 5. The van der Waals surface area contributed by atoms with E-state index >= 15 is 0 Å². The van der Waals surface area contributed by atoms with Crippen molar-refractivity contribution >= 4 is 23.5 Å². The first-order valence-corrected chi connectivity index (χ1v) is 7.77. The second-order valence-corrected chi connectivity index (χ2v) is 5.85. The Bertz CT molecular complexity index is 826. The minimum absolute atomic E-state index is 0.120. The fourth-order valence-corrected chi connectivity index (χ4v) is 2.41. The molecule has 6 nitrogen and oxygen atoms in total. The summed E-state index contributed by atoms with van der Waals surface area (Å²) in [6, 6.07) is 10.0. The van der Waals surface area contributed by atoms with Crippen LogP contribution in [0.15, 0.2) is 36.4 Å². The Morgan fingerprint density at radius 2 is 1.64 bits per heavy atom. The third-order valence-electron chi connectivity index (χ3n) is 3.81. The number of aryl methyl sites for hydroxylation is 2. The number of carboxylic acid groups (broad SMARTS) is 1. The molecule has 0 aliphatic carbocycles. The van der Waals surface area contributed by atoms with E-state index in [4.69, 9.17) is 0 Å². The molecule has 2 aromatic carbocycles. The van der Waals surface area contributed by atoms with E-state index in [-0.39, 0.29) is 17.4 Å². The molecular weight excluding hydrogens is 320 g/mol. The van der Waals surface area contributed by atoms with Gasteiger partial charge in [-0.1, -0.05) is 18.2 Å². The third-order valence-corrected chi connectivity index (χ3v) is 3.81. The summed E-state index contributed by atoms with van der Waals surface area (Å²) in [5.74, 6) is -1.48. The molecule has 0 aliphatic heterocycles. The summed E-state index contributed by atoms with van der Waals surface area (Å²) >= 11 is 0. The minimum atomic E-state index is -1.03. The molecular formula is C19H20N2O4. The first kappa shape index (κ1) is 18.2. The molecule has 0 spiro atoms. The molecule has 0 radical (unpaired) electrons. The van der Waals surface area contributed by atoms with Gasteiger partial charge in [-0.2, -0.15) is 0 Å². The number of hydrogen-bond acceptors (Lipinski definition) is 3. The van der Waals surface area contributed by atoms with E-state index in [1.807, 2.05) is 6.92 Å². The molecule has 2 rings (SSSR count). The van der Waals surface area contributed by atoms with Crippen LogP contribution < -0.4 is 10.6 Å². The van der Waals surface area contributed by atoms with E-state index < -0.39 is 5.97 Å². The van der Waals surface area contributed by atoms with E-state index in [2.05, 4.69) is 10.6 Å². The monoisotopic (exact) mass is 340 g/mol. The Morgan fingerprint density at radius 1 is 1.00 bits per heavy atom. The van der Waals surface area contributed by atoms with Crippen LogP contribution in [-0.4, -0.2) is 22.9 Å². The average molecular weight is 340 g/mol. The number of nitrogens with one attached hydrogen (secondary N) is 2. The predicted octanol–water partition coefficient (Wildman–Crippen LogP) is 2.89. The van der Waals surface area contributed by atoms with Crippen LogP contribution >= 0.6 is 0 Å². The zero-order valence-electron chi connectivity index (χ0n) is 14.3. The summed E-state index contributed by atoms with van der Waals surface area (Å²) in [4.78, 5) is 34.5. The maximum Gasteiger partial charge on any atom is 0.336 e. The van der Waals surface area contributed by atoms with E-state index in [1.165, 1.54) is 13.0 Å². The van der Waals surface area contributed by atoms with Gasteiger partial charge in [-0.15, -0.1) is 0 Å². The van der Waals surface area contributed by atoms with Crippen molar-refractivity contribution < 1.29 is 19.5 Å². The molecule has 0 saturated carbocycles. The van der Waals surface area contributed by atoms with Gasteiger partial charge in [-0.05, 0) is 48.7 Å². The van der Waals surface area contributed by atoms with Crippen LogP contribution in [0.25, 0.3) is 0 Å². The number of anilines is 1. The maximum atomic E-state index is 12.4. The quantitative estimate of drug-likeness (QED) is 0.780. The standard InChI is InChI=1S/C19H20N2O4/c1-11-8-12(2)17(9-16(11)19(24)25)21-18(23)15-6-4-14(5-7-15)10-20-13(3)22/h4-9H,10H2,1-3H3,(H,20,22)(H,21,23)(H,24,25). The lowest BCUT2D eigenvalue weighted by molar-refractivity contribution is -0.119. The fraction of sp³-hybridized carbons (Fsp3) is 0.211. The van der Waals surface area contributed by atoms with Crippen LogP contribution in [0.3, 0.4) is 0 Å². The Morgan fingerprint density at radius 3 is 2.20 bits per heavy atom. The molecule has 25 heavy (non-hydrogen) atoms. The molecule has 2 amide bonds. The Kier molecular flexibility index (Phi) is 5.54. The van der Waals surface area contributed by atoms with Crippen molar-refractivity contribution in [3.63, 3.8) is 0 Å². The molecule has 3 N–H and O–H groups in total. The summed E-state index contributed by atoms with van der Waals surface area (Å²) in [5.41, 5.74) is 3.39. The zero-order valence-corrected chi connectivity index (χ0v) is 14.3. The van der Waals surface area contributed by atoms with Crippen molar-refractivity contribution in [1.82, 2.24) is 5.32 Å². The minimum Gasteiger partial charge on any atom is -0.478 e. The highest BCUT2D eigenvalue weighted by Crippen LogP contribution is 2.21. The molecule has 0 aliphatic rings. The molecule has 0 aromatic heterocycles. The summed E-state index contributed by atoms with van der Waals surface area (Å²) in [6.45, 7) is 5.37. The van der Waals surface area contributed by atoms with Crippen LogP contribution in [0, 0.1) is 13.8 Å². The topological polar surface area (TPSA) is 95.5 Å². The van der Waals surface area contributed by atoms with Gasteiger partial charge < -0.3 is 15.7 Å². The second kappa shape index (κ2) is 7.61. The van der Waals surface area contributed by atoms with E-state index in [1.54, 1.807) is 37.3 Å². The van der Waals surface area contributed by atoms with Gasteiger partial charge in [0.05, 0.1) is 5.56 Å². The van der Waals surface area contributed by atoms with Crippen molar-refractivity contribution in [2.75, 3.05) is 5.32 Å². The molecule has 0 heterocycles. The lowest BCUT2D eigenvalue weighted by atomic mass is 10.0. The molecule has 0 bridgehead atoms. The highest BCUT2D eigenvalue weighted by molar-refractivity contribution is 6.05. The smallest absolute Gasteiger partial charge is 0.336 e. The van der Waals surface area contributed by atoms with Gasteiger partial charge in [0.25, 0.3) is 5.91 Å². The van der Waals surface area contributed by atoms with Gasteiger partial charge in [0, 0.05) is 24.7 Å². The van der Waals surface area contributed by atoms with Crippen molar-refractivity contribution in [2.45, 2.75) is 27.3 Å². The molecule has 2 aromatic rings. The SMILES string of the molecule is CC(=O)NCc1ccc(C(=O)Nc2cc(C(=O)O)c(C)cc2C)cc1. The number of amides is 2. The van der Waals surface area contributed by atoms with Gasteiger partial charge in [0.15, 0.2) is 0 Å². The normalized spacial score (nSPS) is 10.2. The van der Waals surface area contributed by atoms with Gasteiger partial charge >= 0.3 is 5.97 Å². The summed E-state index contributed by atoms with van der Waals surface area (Å²) in [5, 5.41) is 14.6. The maximum absolute atomic E-state index is 12.4. The second-order valence-electron chi connectivity index (χ2n) is 5.85. The Labute approximate surface area is 145 Å². The Balaban J connectivity index is 2.15. The average Bonchev–Trinajstić information content (AvgIpc) is 2.55. The zero-order chi connectivity index (χ0) is 18.6. The number of carbonyl (C=O) groups excluding carboxylic acids is 2. The largest absolute Gasteiger partial charge is 0.478 e. The van der Waals surface area contributed by atoms with E-state index in [0.29, 0.717) is 23.4 Å². The van der Waals surface area contributed by atoms with Crippen LogP contribution in [0.1, 0.15) is 44.3 Å². The van der Waals surface area contributed by atoms with Crippen molar-refractivity contribution in [2.24, 2.45) is 0 Å². The first-order valence-electron chi connectivity index (χ1n) is 7.77. The molecule has 6 heteroatoms. The highest BCUT2D eigenvalue weighted by Gasteiger charge is 2.13. The van der Waals surface area contributed by atoms with Gasteiger partial charge in [-0.25, -0.2) is 4.79 Å².